The van der Waals surface area contributed by atoms with Gasteiger partial charge in [0.1, 0.15) is 0 Å². The van der Waals surface area contributed by atoms with Crippen molar-refractivity contribution in [2.75, 3.05) is 6.54 Å². The van der Waals surface area contributed by atoms with Gasteiger partial charge in [-0.15, -0.1) is 0 Å². The Morgan fingerprint density at radius 3 is 3.08 bits per heavy atom. The van der Waals surface area contributed by atoms with E-state index in [2.05, 4.69) is 5.32 Å². The van der Waals surface area contributed by atoms with Crippen LogP contribution in [0.4, 0.5) is 0 Å². The fourth-order valence-corrected chi connectivity index (χ4v) is 1.53. The van der Waals surface area contributed by atoms with Crippen molar-refractivity contribution in [2.45, 2.75) is 6.42 Å². The van der Waals surface area contributed by atoms with Gasteiger partial charge in [-0.25, -0.2) is 0 Å². The van der Waals surface area contributed by atoms with Gasteiger partial charge >= 0.3 is 0 Å². The molecule has 3 nitrogen and oxygen atoms in total. The average Bonchev–Trinajstić information content (AvgIpc) is 2.47. The van der Waals surface area contributed by atoms with Crippen LogP contribution in [0.25, 0.3) is 0 Å². The van der Waals surface area contributed by atoms with Gasteiger partial charge in [0.2, 0.25) is 5.91 Å². The molecule has 1 unspecified atom stereocenters. The molecule has 1 aliphatic heterocycles. The molecule has 0 radical (unpaired) electrons. The lowest BCUT2D eigenvalue weighted by Crippen LogP contribution is -2.27. The quantitative estimate of drug-likeness (QED) is 0.554. The van der Waals surface area contributed by atoms with Crippen molar-refractivity contribution >= 4 is 11.7 Å². The summed E-state index contributed by atoms with van der Waals surface area (Å²) >= 11 is 0. The topological polar surface area (TPSA) is 46.2 Å². The molecule has 0 aromatic carbocycles. The first-order valence-corrected chi connectivity index (χ1v) is 3.98. The van der Waals surface area contributed by atoms with E-state index in [4.69, 9.17) is 0 Å². The number of hydrogen-bond acceptors (Lipinski definition) is 2. The van der Waals surface area contributed by atoms with Crippen molar-refractivity contribution in [3.63, 3.8) is 0 Å². The number of amides is 1. The monoisotopic (exact) mass is 163 g/mol. The summed E-state index contributed by atoms with van der Waals surface area (Å²) in [6, 6.07) is 0. The SMILES string of the molecule is O=C1CCNC(=O)C2C=CC=C12. The molecule has 0 aromatic rings. The highest BCUT2D eigenvalue weighted by Gasteiger charge is 2.29. The molecule has 1 amide bonds. The van der Waals surface area contributed by atoms with E-state index in [1.54, 1.807) is 18.2 Å². The molecule has 1 atom stereocenters. The predicted octanol–water partition coefficient (Wildman–Crippen LogP) is 0.188. The van der Waals surface area contributed by atoms with E-state index < -0.39 is 0 Å². The summed E-state index contributed by atoms with van der Waals surface area (Å²) in [5, 5.41) is 2.69. The lowest BCUT2D eigenvalue weighted by molar-refractivity contribution is -0.123. The van der Waals surface area contributed by atoms with Gasteiger partial charge in [0.05, 0.1) is 5.92 Å². The highest BCUT2D eigenvalue weighted by molar-refractivity contribution is 6.05. The summed E-state index contributed by atoms with van der Waals surface area (Å²) in [5.41, 5.74) is 0.644. The lowest BCUT2D eigenvalue weighted by atomic mass is 9.98. The maximum atomic E-state index is 11.3. The minimum Gasteiger partial charge on any atom is -0.355 e. The smallest absolute Gasteiger partial charge is 0.231 e. The molecule has 0 bridgehead atoms. The van der Waals surface area contributed by atoms with Crippen LogP contribution in [0.15, 0.2) is 23.8 Å². The fraction of sp³-hybridized carbons (Fsp3) is 0.333. The van der Waals surface area contributed by atoms with Gasteiger partial charge in [-0.1, -0.05) is 18.2 Å². The maximum absolute atomic E-state index is 11.3. The van der Waals surface area contributed by atoms with Gasteiger partial charge in [-0.2, -0.15) is 0 Å². The molecule has 2 rings (SSSR count). The first kappa shape index (κ1) is 7.28. The largest absolute Gasteiger partial charge is 0.355 e. The number of nitrogens with one attached hydrogen (secondary N) is 1. The molecule has 1 aliphatic carbocycles. The number of carbonyl (C=O) groups is 2. The molecule has 3 heteroatoms. The maximum Gasteiger partial charge on any atom is 0.231 e. The second-order valence-electron chi connectivity index (χ2n) is 2.95. The second-order valence-corrected chi connectivity index (χ2v) is 2.95. The van der Waals surface area contributed by atoms with E-state index in [1.807, 2.05) is 0 Å². The normalized spacial score (nSPS) is 27.7. The van der Waals surface area contributed by atoms with Gasteiger partial charge in [0.15, 0.2) is 5.78 Å². The van der Waals surface area contributed by atoms with Gasteiger partial charge in [-0.3, -0.25) is 9.59 Å². The molecule has 0 spiro atoms. The number of allylic oxidation sites excluding steroid dienone is 2. The number of fused-ring (bicyclic) bond motifs is 1. The van der Waals surface area contributed by atoms with Crippen molar-refractivity contribution in [1.29, 1.82) is 0 Å². The number of Topliss-reactive ketones (excluding diaryl/α,β-unsaturated/α-hetero) is 1. The Kier molecular flexibility index (Phi) is 1.57. The van der Waals surface area contributed by atoms with Crippen molar-refractivity contribution in [3.05, 3.63) is 23.8 Å². The lowest BCUT2D eigenvalue weighted by Gasteiger charge is -2.05. The Morgan fingerprint density at radius 1 is 1.42 bits per heavy atom. The van der Waals surface area contributed by atoms with Crippen LogP contribution in [0.3, 0.4) is 0 Å². The minimum atomic E-state index is -0.319. The van der Waals surface area contributed by atoms with Crippen LogP contribution in [0.2, 0.25) is 0 Å². The van der Waals surface area contributed by atoms with Gasteiger partial charge in [0, 0.05) is 18.5 Å². The van der Waals surface area contributed by atoms with Crippen molar-refractivity contribution < 1.29 is 9.59 Å². The molecular formula is C9H9NO2. The van der Waals surface area contributed by atoms with Crippen molar-refractivity contribution in [2.24, 2.45) is 5.92 Å². The Labute approximate surface area is 70.1 Å². The molecule has 0 aromatic heterocycles. The molecule has 62 valence electrons. The average molecular weight is 163 g/mol. The number of ketones is 1. The Morgan fingerprint density at radius 2 is 2.25 bits per heavy atom. The summed E-state index contributed by atoms with van der Waals surface area (Å²) < 4.78 is 0. The van der Waals surface area contributed by atoms with E-state index in [0.717, 1.165) is 0 Å². The Balaban J connectivity index is 2.34. The zero-order valence-corrected chi connectivity index (χ0v) is 6.54. The first-order chi connectivity index (χ1) is 5.79. The van der Waals surface area contributed by atoms with Crippen LogP contribution in [-0.4, -0.2) is 18.2 Å². The molecule has 1 saturated heterocycles. The summed E-state index contributed by atoms with van der Waals surface area (Å²) in [5.74, 6) is -0.288. The summed E-state index contributed by atoms with van der Waals surface area (Å²) in [4.78, 5) is 22.6. The highest BCUT2D eigenvalue weighted by Crippen LogP contribution is 2.23. The van der Waals surface area contributed by atoms with Crippen molar-refractivity contribution in [1.82, 2.24) is 5.32 Å². The zero-order chi connectivity index (χ0) is 8.55. The molecule has 1 N–H and O–H groups in total. The predicted molar refractivity (Wildman–Crippen MR) is 43.3 cm³/mol. The standard InChI is InChI=1S/C9H9NO2/c11-8-4-5-10-9(12)7-3-1-2-6(7)8/h1-3,7H,4-5H2,(H,10,12). The van der Waals surface area contributed by atoms with Crippen molar-refractivity contribution in [3.8, 4) is 0 Å². The fourth-order valence-electron chi connectivity index (χ4n) is 1.53. The number of hydrogen-bond donors (Lipinski definition) is 1. The third kappa shape index (κ3) is 0.978. The summed E-state index contributed by atoms with van der Waals surface area (Å²) in [6.07, 6.45) is 5.68. The van der Waals surface area contributed by atoms with Crippen LogP contribution in [0.1, 0.15) is 6.42 Å². The van der Waals surface area contributed by atoms with Crippen LogP contribution < -0.4 is 5.32 Å². The Hall–Kier alpha value is -1.38. The van der Waals surface area contributed by atoms with E-state index >= 15 is 0 Å². The molecule has 2 aliphatic rings. The van der Waals surface area contributed by atoms with Crippen LogP contribution >= 0.6 is 0 Å². The van der Waals surface area contributed by atoms with E-state index in [9.17, 15) is 9.59 Å². The third-order valence-corrected chi connectivity index (χ3v) is 2.17. The minimum absolute atomic E-state index is 0.0548. The summed E-state index contributed by atoms with van der Waals surface area (Å²) in [6.45, 7) is 0.472. The van der Waals surface area contributed by atoms with Gasteiger partial charge in [0.25, 0.3) is 0 Å². The van der Waals surface area contributed by atoms with E-state index in [0.29, 0.717) is 18.5 Å². The van der Waals surface area contributed by atoms with E-state index in [-0.39, 0.29) is 17.6 Å². The third-order valence-electron chi connectivity index (χ3n) is 2.17. The second kappa shape index (κ2) is 2.59. The molecule has 12 heavy (non-hydrogen) atoms. The van der Waals surface area contributed by atoms with E-state index in [1.165, 1.54) is 0 Å². The highest BCUT2D eigenvalue weighted by atomic mass is 16.2. The molecule has 1 fully saturated rings. The first-order valence-electron chi connectivity index (χ1n) is 3.98. The van der Waals surface area contributed by atoms with Crippen LogP contribution in [0, 0.1) is 5.92 Å². The number of carbonyl (C=O) groups excluding carboxylic acids is 2. The van der Waals surface area contributed by atoms with Crippen LogP contribution in [-0.2, 0) is 9.59 Å². The zero-order valence-electron chi connectivity index (χ0n) is 6.54. The summed E-state index contributed by atoms with van der Waals surface area (Å²) in [7, 11) is 0. The van der Waals surface area contributed by atoms with Gasteiger partial charge in [-0.05, 0) is 0 Å². The number of rotatable bonds is 0. The molecular weight excluding hydrogens is 154 g/mol. The van der Waals surface area contributed by atoms with Gasteiger partial charge < -0.3 is 5.32 Å². The molecule has 0 saturated carbocycles. The van der Waals surface area contributed by atoms with Crippen LogP contribution in [0.5, 0.6) is 0 Å². The Bertz CT molecular complexity index is 302. The molecule has 1 heterocycles.